The Kier molecular flexibility index (Phi) is 8.56. The quantitative estimate of drug-likeness (QED) is 0.476. The zero-order valence-electron chi connectivity index (χ0n) is 25.2. The summed E-state index contributed by atoms with van der Waals surface area (Å²) in [6.07, 6.45) is 5.41. The number of carbonyl (C=O) groups is 2. The van der Waals surface area contributed by atoms with Gasteiger partial charge in [0.15, 0.2) is 17.1 Å². The van der Waals surface area contributed by atoms with Gasteiger partial charge in [0, 0.05) is 31.6 Å². The fraction of sp³-hybridized carbons (Fsp3) is 0.625. The summed E-state index contributed by atoms with van der Waals surface area (Å²) < 4.78 is 18.5. The van der Waals surface area contributed by atoms with Gasteiger partial charge in [0.2, 0.25) is 18.0 Å². The van der Waals surface area contributed by atoms with Crippen LogP contribution in [0, 0.1) is 17.2 Å². The number of carbonyl (C=O) groups excluding carboxylic acids is 2. The van der Waals surface area contributed by atoms with E-state index >= 15 is 0 Å². The maximum Gasteiger partial charge on any atom is 0.246 e. The molecular formula is C32H42N6O5. The Morgan fingerprint density at radius 1 is 1.28 bits per heavy atom. The number of ether oxygens (including phenoxy) is 3. The van der Waals surface area contributed by atoms with Crippen molar-refractivity contribution in [1.29, 1.82) is 5.26 Å². The lowest BCUT2D eigenvalue weighted by atomic mass is 9.71. The Bertz CT molecular complexity index is 1310. The minimum atomic E-state index is -0.993. The highest BCUT2D eigenvalue weighted by Crippen LogP contribution is 2.46. The van der Waals surface area contributed by atoms with Crippen molar-refractivity contribution in [2.45, 2.75) is 75.1 Å². The Morgan fingerprint density at radius 2 is 2.14 bits per heavy atom. The molecule has 1 aliphatic carbocycles. The second-order valence-electron chi connectivity index (χ2n) is 12.4. The van der Waals surface area contributed by atoms with E-state index in [4.69, 9.17) is 19.2 Å². The molecule has 2 saturated heterocycles. The van der Waals surface area contributed by atoms with Crippen molar-refractivity contribution in [3.63, 3.8) is 0 Å². The Morgan fingerprint density at radius 3 is 2.88 bits per heavy atom. The van der Waals surface area contributed by atoms with E-state index < -0.39 is 12.0 Å². The van der Waals surface area contributed by atoms with Gasteiger partial charge < -0.3 is 24.0 Å². The number of nitrogens with zero attached hydrogens (tertiary/aromatic N) is 5. The maximum atomic E-state index is 14.5. The molecule has 5 unspecified atom stereocenters. The van der Waals surface area contributed by atoms with E-state index in [1.54, 1.807) is 12.0 Å². The number of para-hydroxylation sites is 1. The van der Waals surface area contributed by atoms with Crippen LogP contribution in [0.5, 0.6) is 11.5 Å². The minimum Gasteiger partial charge on any atom is -0.493 e. The summed E-state index contributed by atoms with van der Waals surface area (Å²) in [5, 5.41) is 13.1. The van der Waals surface area contributed by atoms with Crippen LogP contribution in [0.4, 0.5) is 0 Å². The molecule has 1 saturated carbocycles. The number of benzene rings is 1. The van der Waals surface area contributed by atoms with Crippen molar-refractivity contribution >= 4 is 17.4 Å². The molecule has 11 nitrogen and oxygen atoms in total. The number of amides is 1. The summed E-state index contributed by atoms with van der Waals surface area (Å²) in [6.45, 7) is 6.79. The molecule has 0 bridgehead atoms. The normalized spacial score (nSPS) is 32.8. The van der Waals surface area contributed by atoms with E-state index in [0.29, 0.717) is 68.8 Å². The number of hydrogen-bond acceptors (Lipinski definition) is 10. The number of aliphatic imine (C=N–C) groups is 1. The van der Waals surface area contributed by atoms with Crippen molar-refractivity contribution in [2.24, 2.45) is 10.9 Å². The van der Waals surface area contributed by atoms with Crippen LogP contribution in [0.15, 0.2) is 35.8 Å². The van der Waals surface area contributed by atoms with Gasteiger partial charge in [0.25, 0.3) is 0 Å². The number of hydrogen-bond donors (Lipinski definition) is 1. The first-order valence-electron chi connectivity index (χ1n) is 15.5. The predicted molar refractivity (Wildman–Crippen MR) is 160 cm³/mol. The van der Waals surface area contributed by atoms with Gasteiger partial charge in [-0.1, -0.05) is 18.7 Å². The highest BCUT2D eigenvalue weighted by Gasteiger charge is 2.55. The van der Waals surface area contributed by atoms with E-state index in [2.05, 4.69) is 34.8 Å². The van der Waals surface area contributed by atoms with Crippen LogP contribution in [0.3, 0.4) is 0 Å². The second kappa shape index (κ2) is 12.4. The number of fused-ring (bicyclic) bond motifs is 2. The lowest BCUT2D eigenvalue weighted by molar-refractivity contribution is -0.135. The molecule has 1 aromatic rings. The molecule has 1 amide bonds. The van der Waals surface area contributed by atoms with Crippen LogP contribution >= 0.6 is 0 Å². The summed E-state index contributed by atoms with van der Waals surface area (Å²) >= 11 is 0. The number of methoxy groups -OCH3 is 1. The van der Waals surface area contributed by atoms with Gasteiger partial charge in [-0.3, -0.25) is 19.8 Å². The number of likely N-dealkylation sites (N-methyl/N-ethyl adjacent to an activating group) is 1. The van der Waals surface area contributed by atoms with Crippen LogP contribution < -0.4 is 14.8 Å². The third-order valence-corrected chi connectivity index (χ3v) is 9.99. The van der Waals surface area contributed by atoms with E-state index in [-0.39, 0.29) is 36.2 Å². The number of nitrogens with one attached hydrogen (secondary N) is 1. The lowest BCUT2D eigenvalue weighted by Gasteiger charge is -2.51. The molecule has 1 aromatic carbocycles. The molecule has 6 rings (SSSR count). The van der Waals surface area contributed by atoms with Gasteiger partial charge in [0.05, 0.1) is 44.1 Å². The van der Waals surface area contributed by atoms with Crippen LogP contribution in [-0.2, 0) is 20.7 Å². The number of nitriles is 1. The summed E-state index contributed by atoms with van der Waals surface area (Å²) in [7, 11) is 3.73. The molecule has 230 valence electrons. The van der Waals surface area contributed by atoms with Crippen LogP contribution in [-0.4, -0.2) is 109 Å². The maximum absolute atomic E-state index is 14.5. The Labute approximate surface area is 253 Å². The van der Waals surface area contributed by atoms with E-state index in [1.807, 2.05) is 18.2 Å². The molecule has 1 N–H and O–H groups in total. The van der Waals surface area contributed by atoms with E-state index in [9.17, 15) is 14.9 Å². The highest BCUT2D eigenvalue weighted by molar-refractivity contribution is 6.44. The zero-order chi connectivity index (χ0) is 30.1. The van der Waals surface area contributed by atoms with E-state index in [0.717, 1.165) is 31.4 Å². The van der Waals surface area contributed by atoms with Crippen molar-refractivity contribution in [3.8, 4) is 17.6 Å². The molecule has 43 heavy (non-hydrogen) atoms. The fourth-order valence-corrected chi connectivity index (χ4v) is 7.54. The number of piperazine rings is 1. The molecule has 0 radical (unpaired) electrons. The zero-order valence-corrected chi connectivity index (χ0v) is 25.2. The summed E-state index contributed by atoms with van der Waals surface area (Å²) in [5.74, 6) is 0.870. The van der Waals surface area contributed by atoms with Crippen molar-refractivity contribution in [3.05, 3.63) is 36.4 Å². The fourth-order valence-electron chi connectivity index (χ4n) is 7.54. The van der Waals surface area contributed by atoms with Crippen LogP contribution in [0.25, 0.3) is 0 Å². The SMILES string of the molecule is C=CC(=O)N1CCN(C2NC(OCC3CCCN3C)N=C3C(=O)[C@]4(CCc5cccc(OC)c5O4)CCC32)CC1CC#N. The molecule has 1 spiro atoms. The number of aryl methyl sites for hydroxylation is 1. The first kappa shape index (κ1) is 29.8. The molecule has 3 fully saturated rings. The van der Waals surface area contributed by atoms with E-state index in [1.165, 1.54) is 6.08 Å². The minimum absolute atomic E-state index is 0.0764. The van der Waals surface area contributed by atoms with Crippen molar-refractivity contribution in [2.75, 3.05) is 46.9 Å². The number of Topliss-reactive ketones (excluding diaryl/α,β-unsaturated/α-hetero) is 1. The number of rotatable bonds is 7. The topological polar surface area (TPSA) is 120 Å². The molecule has 4 aliphatic heterocycles. The van der Waals surface area contributed by atoms with Crippen molar-refractivity contribution < 1.29 is 23.8 Å². The first-order valence-corrected chi connectivity index (χ1v) is 15.5. The molecule has 6 atom stereocenters. The highest BCUT2D eigenvalue weighted by atomic mass is 16.5. The molecule has 0 aromatic heterocycles. The van der Waals surface area contributed by atoms with Gasteiger partial charge in [-0.05, 0) is 69.8 Å². The average Bonchev–Trinajstić information content (AvgIpc) is 3.45. The Balaban J connectivity index is 1.28. The standard InChI is InChI=1S/C32H42N6O5/c1-4-26(39)38-18-17-37(19-22(38)12-15-33)30-24-11-14-32(13-10-21-7-5-9-25(41-3)28(21)43-32)29(40)27(24)34-31(35-30)42-20-23-8-6-16-36(23)2/h4-5,7,9,22-24,30-31,35H,1,6,8,10-14,16-20H2,2-3H3/t22?,23?,24?,30?,31?,32-/m0/s1. The number of likely N-dealkylation sites (tertiary alicyclic amines) is 1. The molecular weight excluding hydrogens is 548 g/mol. The number of ketones is 1. The van der Waals surface area contributed by atoms with Gasteiger partial charge in [-0.15, -0.1) is 0 Å². The third-order valence-electron chi connectivity index (χ3n) is 9.99. The van der Waals surface area contributed by atoms with Gasteiger partial charge in [-0.25, -0.2) is 4.99 Å². The molecule has 4 heterocycles. The predicted octanol–water partition coefficient (Wildman–Crippen LogP) is 2.12. The Hall–Kier alpha value is -3.30. The summed E-state index contributed by atoms with van der Waals surface area (Å²) in [4.78, 5) is 38.2. The lowest BCUT2D eigenvalue weighted by Crippen LogP contribution is -2.68. The molecule has 11 heteroatoms. The summed E-state index contributed by atoms with van der Waals surface area (Å²) in [5.41, 5.74) is 0.565. The largest absolute Gasteiger partial charge is 0.493 e. The van der Waals surface area contributed by atoms with Gasteiger partial charge in [-0.2, -0.15) is 5.26 Å². The second-order valence-corrected chi connectivity index (χ2v) is 12.4. The van der Waals surface area contributed by atoms with Gasteiger partial charge >= 0.3 is 0 Å². The average molecular weight is 591 g/mol. The summed E-state index contributed by atoms with van der Waals surface area (Å²) in [6, 6.07) is 8.13. The molecule has 5 aliphatic rings. The van der Waals surface area contributed by atoms with Gasteiger partial charge in [0.1, 0.15) is 0 Å². The monoisotopic (exact) mass is 590 g/mol. The smallest absolute Gasteiger partial charge is 0.246 e. The van der Waals surface area contributed by atoms with Crippen LogP contribution in [0.2, 0.25) is 0 Å². The first-order chi connectivity index (χ1) is 20.9. The van der Waals surface area contributed by atoms with Crippen molar-refractivity contribution in [1.82, 2.24) is 20.0 Å². The third kappa shape index (κ3) is 5.57. The van der Waals surface area contributed by atoms with Crippen LogP contribution in [0.1, 0.15) is 44.1 Å².